The quantitative estimate of drug-likeness (QED) is 0.699. The minimum atomic E-state index is -0.586. The number of halogens is 2. The standard InChI is InChI=1S/C10H9F2NO2/c11-5-1-2-6(12)10-9(5)14-7-3-13-4-8(7)15-10/h1-2,7-8,13H,3-4H2/t7-,8+. The molecule has 1 aromatic rings. The predicted molar refractivity (Wildman–Crippen MR) is 48.1 cm³/mol. The summed E-state index contributed by atoms with van der Waals surface area (Å²) in [4.78, 5) is 0. The van der Waals surface area contributed by atoms with Gasteiger partial charge in [-0.05, 0) is 12.1 Å². The van der Waals surface area contributed by atoms with Crippen LogP contribution in [0.1, 0.15) is 0 Å². The Labute approximate surface area is 85.0 Å². The van der Waals surface area contributed by atoms with Crippen molar-refractivity contribution in [1.29, 1.82) is 0 Å². The fraction of sp³-hybridized carbons (Fsp3) is 0.400. The first-order valence-electron chi connectivity index (χ1n) is 4.78. The number of rotatable bonds is 0. The molecule has 15 heavy (non-hydrogen) atoms. The molecule has 3 rings (SSSR count). The molecule has 0 bridgehead atoms. The summed E-state index contributed by atoms with van der Waals surface area (Å²) >= 11 is 0. The Hall–Kier alpha value is -1.36. The summed E-state index contributed by atoms with van der Waals surface area (Å²) in [6, 6.07) is 2.08. The first-order chi connectivity index (χ1) is 7.25. The van der Waals surface area contributed by atoms with Crippen LogP contribution in [0.25, 0.3) is 0 Å². The first-order valence-corrected chi connectivity index (χ1v) is 4.78. The Morgan fingerprint density at radius 2 is 1.47 bits per heavy atom. The fourth-order valence-corrected chi connectivity index (χ4v) is 1.90. The Kier molecular flexibility index (Phi) is 1.82. The van der Waals surface area contributed by atoms with Crippen LogP contribution < -0.4 is 14.8 Å². The normalized spacial score (nSPS) is 27.6. The van der Waals surface area contributed by atoms with E-state index in [0.717, 1.165) is 12.1 Å². The van der Waals surface area contributed by atoms with Crippen molar-refractivity contribution in [3.63, 3.8) is 0 Å². The van der Waals surface area contributed by atoms with Gasteiger partial charge < -0.3 is 14.8 Å². The lowest BCUT2D eigenvalue weighted by Gasteiger charge is -2.28. The van der Waals surface area contributed by atoms with E-state index in [1.165, 1.54) is 0 Å². The molecule has 0 amide bonds. The minimum absolute atomic E-state index is 0.111. The third kappa shape index (κ3) is 1.26. The van der Waals surface area contributed by atoms with Crippen molar-refractivity contribution in [2.24, 2.45) is 0 Å². The van der Waals surface area contributed by atoms with E-state index < -0.39 is 11.6 Å². The van der Waals surface area contributed by atoms with Crippen molar-refractivity contribution in [3.05, 3.63) is 23.8 Å². The van der Waals surface area contributed by atoms with Gasteiger partial charge in [0.15, 0.2) is 11.6 Å². The van der Waals surface area contributed by atoms with Crippen LogP contribution in [0, 0.1) is 11.6 Å². The maximum atomic E-state index is 13.3. The van der Waals surface area contributed by atoms with E-state index in [9.17, 15) is 8.78 Å². The smallest absolute Gasteiger partial charge is 0.200 e. The maximum Gasteiger partial charge on any atom is 0.200 e. The number of fused-ring (bicyclic) bond motifs is 2. The number of benzene rings is 1. The highest BCUT2D eigenvalue weighted by molar-refractivity contribution is 5.44. The van der Waals surface area contributed by atoms with Gasteiger partial charge in [-0.25, -0.2) is 8.78 Å². The maximum absolute atomic E-state index is 13.3. The summed E-state index contributed by atoms with van der Waals surface area (Å²) < 4.78 is 37.4. The summed E-state index contributed by atoms with van der Waals surface area (Å²) in [7, 11) is 0. The second-order valence-corrected chi connectivity index (χ2v) is 3.66. The topological polar surface area (TPSA) is 30.5 Å². The summed E-state index contributed by atoms with van der Waals surface area (Å²) in [6.07, 6.45) is -0.456. The summed E-state index contributed by atoms with van der Waals surface area (Å²) in [5.74, 6) is -1.39. The van der Waals surface area contributed by atoms with Gasteiger partial charge in [0, 0.05) is 13.1 Å². The molecule has 80 valence electrons. The van der Waals surface area contributed by atoms with Gasteiger partial charge in [-0.15, -0.1) is 0 Å². The third-order valence-electron chi connectivity index (χ3n) is 2.66. The van der Waals surface area contributed by atoms with Crippen LogP contribution in [0.4, 0.5) is 8.78 Å². The van der Waals surface area contributed by atoms with Gasteiger partial charge in [-0.3, -0.25) is 0 Å². The molecular weight excluding hydrogens is 204 g/mol. The average Bonchev–Trinajstić information content (AvgIpc) is 2.69. The number of nitrogens with one attached hydrogen (secondary N) is 1. The van der Waals surface area contributed by atoms with Crippen LogP contribution in [0.15, 0.2) is 12.1 Å². The fourth-order valence-electron chi connectivity index (χ4n) is 1.90. The molecular formula is C10H9F2NO2. The van der Waals surface area contributed by atoms with Crippen LogP contribution in [0.5, 0.6) is 11.5 Å². The number of hydrogen-bond donors (Lipinski definition) is 1. The van der Waals surface area contributed by atoms with E-state index in [1.807, 2.05) is 0 Å². The largest absolute Gasteiger partial charge is 0.478 e. The van der Waals surface area contributed by atoms with Gasteiger partial charge in [-0.2, -0.15) is 0 Å². The van der Waals surface area contributed by atoms with E-state index in [0.29, 0.717) is 13.1 Å². The summed E-state index contributed by atoms with van der Waals surface area (Å²) in [5, 5.41) is 3.04. The highest BCUT2D eigenvalue weighted by Crippen LogP contribution is 2.39. The predicted octanol–water partition coefficient (Wildman–Crippen LogP) is 1.08. The Bertz CT molecular complexity index is 374. The van der Waals surface area contributed by atoms with Gasteiger partial charge >= 0.3 is 0 Å². The average molecular weight is 213 g/mol. The molecule has 2 aliphatic rings. The van der Waals surface area contributed by atoms with E-state index >= 15 is 0 Å². The highest BCUT2D eigenvalue weighted by Gasteiger charge is 2.38. The zero-order chi connectivity index (χ0) is 10.4. The van der Waals surface area contributed by atoms with Crippen molar-refractivity contribution in [2.45, 2.75) is 12.2 Å². The Morgan fingerprint density at radius 3 is 1.93 bits per heavy atom. The summed E-state index contributed by atoms with van der Waals surface area (Å²) in [6.45, 7) is 1.19. The van der Waals surface area contributed by atoms with Crippen molar-refractivity contribution >= 4 is 0 Å². The van der Waals surface area contributed by atoms with E-state index in [4.69, 9.17) is 9.47 Å². The molecule has 3 nitrogen and oxygen atoms in total. The minimum Gasteiger partial charge on any atom is -0.478 e. The second-order valence-electron chi connectivity index (χ2n) is 3.66. The zero-order valence-corrected chi connectivity index (χ0v) is 7.80. The zero-order valence-electron chi connectivity index (χ0n) is 7.80. The molecule has 2 atom stereocenters. The van der Waals surface area contributed by atoms with Gasteiger partial charge in [0.25, 0.3) is 0 Å². The molecule has 1 saturated heterocycles. The molecule has 2 aliphatic heterocycles. The Balaban J connectivity index is 2.06. The molecule has 0 radical (unpaired) electrons. The lowest BCUT2D eigenvalue weighted by atomic mass is 10.2. The third-order valence-corrected chi connectivity index (χ3v) is 2.66. The van der Waals surface area contributed by atoms with Crippen molar-refractivity contribution in [2.75, 3.05) is 13.1 Å². The molecule has 1 N–H and O–H groups in total. The van der Waals surface area contributed by atoms with Crippen LogP contribution in [0.2, 0.25) is 0 Å². The van der Waals surface area contributed by atoms with Gasteiger partial charge in [0.2, 0.25) is 11.5 Å². The van der Waals surface area contributed by atoms with Gasteiger partial charge in [0.05, 0.1) is 0 Å². The van der Waals surface area contributed by atoms with Crippen LogP contribution in [0.3, 0.4) is 0 Å². The first kappa shape index (κ1) is 8.91. The molecule has 0 aliphatic carbocycles. The molecule has 0 saturated carbocycles. The van der Waals surface area contributed by atoms with Crippen molar-refractivity contribution < 1.29 is 18.3 Å². The molecule has 1 fully saturated rings. The van der Waals surface area contributed by atoms with E-state index in [1.54, 1.807) is 0 Å². The molecule has 1 aromatic carbocycles. The Morgan fingerprint density at radius 1 is 1.00 bits per heavy atom. The second kappa shape index (κ2) is 3.06. The van der Waals surface area contributed by atoms with Crippen LogP contribution >= 0.6 is 0 Å². The number of ether oxygens (including phenoxy) is 2. The summed E-state index contributed by atoms with van der Waals surface area (Å²) in [5.41, 5.74) is 0. The number of hydrogen-bond acceptors (Lipinski definition) is 3. The van der Waals surface area contributed by atoms with Crippen LogP contribution in [-0.2, 0) is 0 Å². The van der Waals surface area contributed by atoms with Crippen molar-refractivity contribution in [1.82, 2.24) is 5.32 Å². The monoisotopic (exact) mass is 213 g/mol. The SMILES string of the molecule is Fc1ccc(F)c2c1O[C@H]1CNC[C@H]1O2. The molecule has 0 spiro atoms. The molecule has 0 aromatic heterocycles. The van der Waals surface area contributed by atoms with E-state index in [2.05, 4.69) is 5.32 Å². The van der Waals surface area contributed by atoms with Gasteiger partial charge in [-0.1, -0.05) is 0 Å². The van der Waals surface area contributed by atoms with Gasteiger partial charge in [0.1, 0.15) is 12.2 Å². The lowest BCUT2D eigenvalue weighted by molar-refractivity contribution is 0.0467. The lowest BCUT2D eigenvalue weighted by Crippen LogP contribution is -2.39. The highest BCUT2D eigenvalue weighted by atomic mass is 19.1. The van der Waals surface area contributed by atoms with Crippen molar-refractivity contribution in [3.8, 4) is 11.5 Å². The van der Waals surface area contributed by atoms with Crippen LogP contribution in [-0.4, -0.2) is 25.3 Å². The van der Waals surface area contributed by atoms with E-state index in [-0.39, 0.29) is 23.7 Å². The molecule has 2 heterocycles. The molecule has 5 heteroatoms. The molecule has 0 unspecified atom stereocenters.